The van der Waals surface area contributed by atoms with E-state index >= 15 is 0 Å². The topological polar surface area (TPSA) is 43.0 Å². The van der Waals surface area contributed by atoms with Crippen LogP contribution in [0.1, 0.15) is 0 Å². The highest BCUT2D eigenvalue weighted by Gasteiger charge is 2.19. The van der Waals surface area contributed by atoms with E-state index in [9.17, 15) is 9.59 Å². The van der Waals surface area contributed by atoms with Crippen LogP contribution in [0.4, 0.5) is 0 Å². The minimum atomic E-state index is -0.504. The van der Waals surface area contributed by atoms with Gasteiger partial charge in [0.05, 0.1) is 10.0 Å². The largest absolute Gasteiger partial charge is 0.280 e. The van der Waals surface area contributed by atoms with Gasteiger partial charge in [0.25, 0.3) is 11.1 Å². The lowest BCUT2D eigenvalue weighted by molar-refractivity contribution is 1.03. The molecule has 18 heavy (non-hydrogen) atoms. The molecule has 3 aromatic heterocycles. The van der Waals surface area contributed by atoms with E-state index in [0.29, 0.717) is 0 Å². The number of hydrogen-bond acceptors (Lipinski definition) is 2. The van der Waals surface area contributed by atoms with Crippen molar-refractivity contribution in [2.75, 3.05) is 0 Å². The lowest BCUT2D eigenvalue weighted by atomic mass is 10.4. The van der Waals surface area contributed by atoms with Crippen LogP contribution >= 0.6 is 46.4 Å². The van der Waals surface area contributed by atoms with E-state index < -0.39 is 11.1 Å². The number of aromatic nitrogens is 2. The van der Waals surface area contributed by atoms with Gasteiger partial charge in [0.2, 0.25) is 0 Å². The number of hydrogen-bond donors (Lipinski definition) is 0. The van der Waals surface area contributed by atoms with Crippen LogP contribution in [0.5, 0.6) is 0 Å². The molecule has 0 saturated heterocycles. The van der Waals surface area contributed by atoms with Gasteiger partial charge in [0, 0.05) is 0 Å². The summed E-state index contributed by atoms with van der Waals surface area (Å²) in [5.41, 5.74) is -0.904. The molecule has 0 aliphatic heterocycles. The smallest absolute Gasteiger partial charge is 0.267 e. The highest BCUT2D eigenvalue weighted by Crippen LogP contribution is 2.27. The van der Waals surface area contributed by atoms with Gasteiger partial charge >= 0.3 is 0 Å². The summed E-state index contributed by atoms with van der Waals surface area (Å²) in [7, 11) is 0. The van der Waals surface area contributed by atoms with E-state index in [1.165, 1.54) is 12.1 Å². The van der Waals surface area contributed by atoms with Crippen molar-refractivity contribution < 1.29 is 0 Å². The molecule has 3 rings (SSSR count). The third kappa shape index (κ3) is 1.34. The van der Waals surface area contributed by atoms with E-state index in [-0.39, 0.29) is 31.4 Å². The molecule has 0 radical (unpaired) electrons. The average Bonchev–Trinajstić information content (AvgIpc) is 2.78. The van der Waals surface area contributed by atoms with E-state index in [2.05, 4.69) is 0 Å². The Morgan fingerprint density at radius 1 is 0.722 bits per heavy atom. The molecule has 4 nitrogen and oxygen atoms in total. The van der Waals surface area contributed by atoms with Crippen molar-refractivity contribution in [2.45, 2.75) is 0 Å². The van der Waals surface area contributed by atoms with Gasteiger partial charge < -0.3 is 0 Å². The van der Waals surface area contributed by atoms with Crippen molar-refractivity contribution in [2.24, 2.45) is 0 Å². The molecule has 3 aromatic rings. The van der Waals surface area contributed by atoms with Crippen LogP contribution in [0.2, 0.25) is 20.4 Å². The molecule has 0 aliphatic carbocycles. The first kappa shape index (κ1) is 12.1. The molecule has 0 aliphatic rings. The van der Waals surface area contributed by atoms with Gasteiger partial charge in [-0.1, -0.05) is 46.4 Å². The van der Waals surface area contributed by atoms with Crippen molar-refractivity contribution in [3.63, 3.8) is 0 Å². The summed E-state index contributed by atoms with van der Waals surface area (Å²) >= 11 is 23.4. The van der Waals surface area contributed by atoms with Crippen LogP contribution in [0.15, 0.2) is 21.7 Å². The van der Waals surface area contributed by atoms with Crippen molar-refractivity contribution in [3.8, 4) is 0 Å². The average molecular weight is 324 g/mol. The normalized spacial score (nSPS) is 11.8. The Hall–Kier alpha value is -0.940. The first-order chi connectivity index (χ1) is 8.43. The molecule has 3 heterocycles. The Morgan fingerprint density at radius 3 is 1.39 bits per heavy atom. The van der Waals surface area contributed by atoms with E-state index in [0.717, 1.165) is 8.80 Å². The maximum absolute atomic E-state index is 12.2. The van der Waals surface area contributed by atoms with E-state index in [1.807, 2.05) is 0 Å². The Labute approximate surface area is 119 Å². The molecular formula is C10H2Cl4N2O2. The molecule has 0 atom stereocenters. The minimum Gasteiger partial charge on any atom is -0.267 e. The number of nitrogens with zero attached hydrogens (tertiary/aromatic N) is 2. The number of fused-ring (bicyclic) bond motifs is 2. The van der Waals surface area contributed by atoms with Crippen LogP contribution in [0.3, 0.4) is 0 Å². The Morgan fingerprint density at radius 2 is 1.06 bits per heavy atom. The first-order valence-corrected chi connectivity index (χ1v) is 6.17. The van der Waals surface area contributed by atoms with Crippen molar-refractivity contribution in [3.05, 3.63) is 53.2 Å². The molecule has 0 spiro atoms. The second kappa shape index (κ2) is 3.78. The minimum absolute atomic E-state index is 0.00953. The number of halogens is 4. The zero-order valence-corrected chi connectivity index (χ0v) is 11.4. The fourth-order valence-corrected chi connectivity index (χ4v) is 2.67. The molecule has 0 N–H and O–H groups in total. The third-order valence-corrected chi connectivity index (χ3v) is 4.15. The zero-order valence-electron chi connectivity index (χ0n) is 8.38. The fraction of sp³-hybridized carbons (Fsp3) is 0. The van der Waals surface area contributed by atoms with Gasteiger partial charge in [-0.15, -0.1) is 0 Å². The van der Waals surface area contributed by atoms with Crippen LogP contribution in [0.25, 0.3) is 11.0 Å². The third-order valence-electron chi connectivity index (χ3n) is 2.64. The lowest BCUT2D eigenvalue weighted by Gasteiger charge is -1.98. The summed E-state index contributed by atoms with van der Waals surface area (Å²) in [5, 5.41) is 0.233. The van der Waals surface area contributed by atoms with Gasteiger partial charge in [0.15, 0.2) is 0 Å². The predicted molar refractivity (Wildman–Crippen MR) is 72.1 cm³/mol. The highest BCUT2D eigenvalue weighted by atomic mass is 35.5. The second-order valence-corrected chi connectivity index (χ2v) is 5.15. The molecular weight excluding hydrogens is 322 g/mol. The Bertz CT molecular complexity index is 836. The summed E-state index contributed by atoms with van der Waals surface area (Å²) in [6, 6.07) is 2.63. The Kier molecular flexibility index (Phi) is 2.54. The van der Waals surface area contributed by atoms with Crippen LogP contribution < -0.4 is 11.1 Å². The zero-order chi connectivity index (χ0) is 13.2. The van der Waals surface area contributed by atoms with Crippen molar-refractivity contribution in [1.82, 2.24) is 8.80 Å². The highest BCUT2D eigenvalue weighted by molar-refractivity contribution is 6.42. The van der Waals surface area contributed by atoms with Gasteiger partial charge in [-0.2, -0.15) is 0 Å². The van der Waals surface area contributed by atoms with Crippen LogP contribution in [-0.2, 0) is 0 Å². The van der Waals surface area contributed by atoms with Gasteiger partial charge in [-0.05, 0) is 12.1 Å². The Balaban J connectivity index is 2.79. The number of rotatable bonds is 0. The quantitative estimate of drug-likeness (QED) is 0.638. The van der Waals surface area contributed by atoms with Gasteiger partial charge in [-0.25, -0.2) is 0 Å². The summed E-state index contributed by atoms with van der Waals surface area (Å²) < 4.78 is 2.07. The van der Waals surface area contributed by atoms with E-state index in [4.69, 9.17) is 46.4 Å². The monoisotopic (exact) mass is 322 g/mol. The summed E-state index contributed by atoms with van der Waals surface area (Å²) in [6.07, 6.45) is 0. The molecule has 0 aromatic carbocycles. The van der Waals surface area contributed by atoms with E-state index in [1.54, 1.807) is 0 Å². The predicted octanol–water partition coefficient (Wildman–Crippen LogP) is 2.96. The summed E-state index contributed by atoms with van der Waals surface area (Å²) in [5.74, 6) is 0. The molecule has 0 fully saturated rings. The second-order valence-electron chi connectivity index (χ2n) is 3.62. The molecule has 8 heteroatoms. The summed E-state index contributed by atoms with van der Waals surface area (Å²) in [6.45, 7) is 0. The molecule has 0 unspecified atom stereocenters. The van der Waals surface area contributed by atoms with Crippen LogP contribution in [0, 0.1) is 0 Å². The van der Waals surface area contributed by atoms with Gasteiger partial charge in [0.1, 0.15) is 21.3 Å². The molecule has 0 bridgehead atoms. The maximum atomic E-state index is 12.2. The molecule has 0 saturated carbocycles. The first-order valence-electron chi connectivity index (χ1n) is 4.66. The SMILES string of the molecule is O=c1c2cc(Cl)c(Cl)n2c(=O)c2cc(Cl)c(Cl)n12. The van der Waals surface area contributed by atoms with Crippen LogP contribution in [-0.4, -0.2) is 8.80 Å². The van der Waals surface area contributed by atoms with Crippen molar-refractivity contribution >= 4 is 57.4 Å². The van der Waals surface area contributed by atoms with Crippen molar-refractivity contribution in [1.29, 1.82) is 0 Å². The lowest BCUT2D eigenvalue weighted by Crippen LogP contribution is -2.25. The fourth-order valence-electron chi connectivity index (χ4n) is 1.85. The molecule has 92 valence electrons. The molecule has 0 amide bonds. The summed E-state index contributed by atoms with van der Waals surface area (Å²) in [4.78, 5) is 24.4. The standard InChI is InChI=1S/C10H2Cl4N2O2/c11-3-1-5-9(17)16-6(2-4(12)8(16)14)10(18)15(5)7(3)13/h1-2H. The maximum Gasteiger partial charge on any atom is 0.280 e. The van der Waals surface area contributed by atoms with Gasteiger partial charge in [-0.3, -0.25) is 18.4 Å².